The number of amides is 1. The second kappa shape index (κ2) is 8.94. The molecule has 27 heavy (non-hydrogen) atoms. The van der Waals surface area contributed by atoms with E-state index in [1.165, 1.54) is 11.0 Å². The lowest BCUT2D eigenvalue weighted by molar-refractivity contribution is -0.121. The summed E-state index contributed by atoms with van der Waals surface area (Å²) in [6.07, 6.45) is 1.60. The molecule has 0 unspecified atom stereocenters. The molecule has 1 heterocycles. The number of nitrogens with zero attached hydrogens (tertiary/aromatic N) is 5. The van der Waals surface area contributed by atoms with Crippen molar-refractivity contribution >= 4 is 46.9 Å². The van der Waals surface area contributed by atoms with Crippen molar-refractivity contribution in [2.45, 2.75) is 13.0 Å². The summed E-state index contributed by atoms with van der Waals surface area (Å²) < 4.78 is 0. The second-order valence-corrected chi connectivity index (χ2v) is 6.57. The van der Waals surface area contributed by atoms with Crippen LogP contribution in [0.5, 0.6) is 0 Å². The number of hydrogen-bond acceptors (Lipinski definition) is 5. The van der Waals surface area contributed by atoms with Gasteiger partial charge in [0.05, 0.1) is 22.8 Å². The Labute approximate surface area is 169 Å². The summed E-state index contributed by atoms with van der Waals surface area (Å²) >= 11 is 18.1. The number of benzene rings is 2. The van der Waals surface area contributed by atoms with Gasteiger partial charge in [0, 0.05) is 22.6 Å². The van der Waals surface area contributed by atoms with Crippen molar-refractivity contribution in [1.82, 2.24) is 25.6 Å². The maximum atomic E-state index is 11.9. The summed E-state index contributed by atoms with van der Waals surface area (Å²) in [5, 5.41) is 17.3. The summed E-state index contributed by atoms with van der Waals surface area (Å²) in [5.41, 5.74) is 3.71. The average Bonchev–Trinajstić information content (AvgIpc) is 3.13. The number of hydrogen-bond donors (Lipinski definition) is 1. The number of aromatic nitrogens is 4. The number of hydrazone groups is 1. The number of tetrazole rings is 1. The average molecular weight is 424 g/mol. The molecule has 3 rings (SSSR count). The third-order valence-corrected chi connectivity index (χ3v) is 4.65. The van der Waals surface area contributed by atoms with Crippen molar-refractivity contribution in [1.29, 1.82) is 0 Å². The topological polar surface area (TPSA) is 85.1 Å². The summed E-state index contributed by atoms with van der Waals surface area (Å²) in [7, 11) is 0. The fourth-order valence-electron chi connectivity index (χ4n) is 2.13. The summed E-state index contributed by atoms with van der Waals surface area (Å²) in [6, 6.07) is 12.3. The third kappa shape index (κ3) is 5.03. The monoisotopic (exact) mass is 422 g/mol. The van der Waals surface area contributed by atoms with E-state index in [0.29, 0.717) is 32.0 Å². The zero-order valence-corrected chi connectivity index (χ0v) is 16.1. The molecule has 0 fully saturated rings. The first kappa shape index (κ1) is 19.3. The second-order valence-electron chi connectivity index (χ2n) is 5.38. The van der Waals surface area contributed by atoms with E-state index in [4.69, 9.17) is 34.8 Å². The van der Waals surface area contributed by atoms with E-state index in [1.807, 2.05) is 12.1 Å². The van der Waals surface area contributed by atoms with Gasteiger partial charge in [-0.25, -0.2) is 5.43 Å². The van der Waals surface area contributed by atoms with Crippen LogP contribution in [0.15, 0.2) is 47.6 Å². The molecule has 1 N–H and O–H groups in total. The van der Waals surface area contributed by atoms with E-state index in [9.17, 15) is 4.79 Å². The van der Waals surface area contributed by atoms with Crippen molar-refractivity contribution < 1.29 is 4.79 Å². The van der Waals surface area contributed by atoms with Crippen LogP contribution < -0.4 is 5.43 Å². The minimum atomic E-state index is -0.294. The molecule has 0 bridgehead atoms. The first-order valence-corrected chi connectivity index (χ1v) is 8.96. The quantitative estimate of drug-likeness (QED) is 0.482. The standard InChI is InChI=1S/C17H13Cl3N6O/c18-13-6-2-1-4-11(13)10-21-22-15(27)8-9-26-24-17(23-25-26)12-5-3-7-14(19)16(12)20/h1-7,10H,8-9H2,(H,22,27). The van der Waals surface area contributed by atoms with Crippen molar-refractivity contribution in [3.8, 4) is 11.4 Å². The van der Waals surface area contributed by atoms with Crippen molar-refractivity contribution in [3.63, 3.8) is 0 Å². The molecule has 0 spiro atoms. The third-order valence-electron chi connectivity index (χ3n) is 3.48. The highest BCUT2D eigenvalue weighted by Crippen LogP contribution is 2.31. The molecule has 0 aliphatic carbocycles. The van der Waals surface area contributed by atoms with E-state index < -0.39 is 0 Å². The van der Waals surface area contributed by atoms with E-state index in [1.54, 1.807) is 30.3 Å². The molecule has 1 aromatic heterocycles. The predicted octanol–water partition coefficient (Wildman–Crippen LogP) is 3.84. The Morgan fingerprint density at radius 3 is 2.70 bits per heavy atom. The highest BCUT2D eigenvalue weighted by Gasteiger charge is 2.12. The van der Waals surface area contributed by atoms with Gasteiger partial charge in [0.25, 0.3) is 0 Å². The largest absolute Gasteiger partial charge is 0.273 e. The maximum absolute atomic E-state index is 11.9. The molecule has 0 aliphatic rings. The van der Waals surface area contributed by atoms with Gasteiger partial charge in [0.2, 0.25) is 11.7 Å². The number of aryl methyl sites for hydroxylation is 1. The van der Waals surface area contributed by atoms with Crippen LogP contribution in [0.3, 0.4) is 0 Å². The Morgan fingerprint density at radius 1 is 1.11 bits per heavy atom. The lowest BCUT2D eigenvalue weighted by atomic mass is 10.2. The Bertz CT molecular complexity index is 988. The van der Waals surface area contributed by atoms with E-state index in [2.05, 4.69) is 25.9 Å². The predicted molar refractivity (Wildman–Crippen MR) is 105 cm³/mol. The van der Waals surface area contributed by atoms with Gasteiger partial charge in [-0.15, -0.1) is 10.2 Å². The number of rotatable bonds is 6. The molecule has 7 nitrogen and oxygen atoms in total. The Hall–Kier alpha value is -2.48. The van der Waals surface area contributed by atoms with Crippen LogP contribution in [0.2, 0.25) is 15.1 Å². The molecule has 1 amide bonds. The number of nitrogens with one attached hydrogen (secondary N) is 1. The number of carbonyl (C=O) groups is 1. The SMILES string of the molecule is O=C(CCn1nnc(-c2cccc(Cl)c2Cl)n1)NN=Cc1ccccc1Cl. The van der Waals surface area contributed by atoms with Crippen molar-refractivity contribution in [2.24, 2.45) is 5.10 Å². The molecule has 0 aliphatic heterocycles. The lowest BCUT2D eigenvalue weighted by Crippen LogP contribution is -2.20. The fraction of sp³-hybridized carbons (Fsp3) is 0.118. The van der Waals surface area contributed by atoms with Crippen LogP contribution in [0.4, 0.5) is 0 Å². The van der Waals surface area contributed by atoms with E-state index in [0.717, 1.165) is 0 Å². The summed E-state index contributed by atoms with van der Waals surface area (Å²) in [4.78, 5) is 13.2. The minimum absolute atomic E-state index is 0.124. The molecule has 0 saturated heterocycles. The molecule has 3 aromatic rings. The van der Waals surface area contributed by atoms with Crippen LogP contribution in [-0.2, 0) is 11.3 Å². The summed E-state index contributed by atoms with van der Waals surface area (Å²) in [5.74, 6) is 0.0394. The molecule has 0 saturated carbocycles. The summed E-state index contributed by atoms with van der Waals surface area (Å²) in [6.45, 7) is 0.235. The first-order valence-electron chi connectivity index (χ1n) is 7.83. The fourth-order valence-corrected chi connectivity index (χ4v) is 2.70. The Kier molecular flexibility index (Phi) is 6.39. The van der Waals surface area contributed by atoms with Crippen LogP contribution in [0, 0.1) is 0 Å². The van der Waals surface area contributed by atoms with E-state index >= 15 is 0 Å². The van der Waals surface area contributed by atoms with Gasteiger partial charge in [0.1, 0.15) is 0 Å². The van der Waals surface area contributed by atoms with E-state index in [-0.39, 0.29) is 18.9 Å². The first-order chi connectivity index (χ1) is 13.0. The molecule has 10 heteroatoms. The zero-order valence-electron chi connectivity index (χ0n) is 13.8. The molecule has 0 atom stereocenters. The molecule has 138 valence electrons. The van der Waals surface area contributed by atoms with Crippen LogP contribution in [0.25, 0.3) is 11.4 Å². The number of halogens is 3. The smallest absolute Gasteiger partial charge is 0.241 e. The van der Waals surface area contributed by atoms with Crippen LogP contribution >= 0.6 is 34.8 Å². The van der Waals surface area contributed by atoms with Gasteiger partial charge < -0.3 is 0 Å². The minimum Gasteiger partial charge on any atom is -0.273 e. The molecule has 2 aromatic carbocycles. The molecule has 0 radical (unpaired) electrons. The van der Waals surface area contributed by atoms with Gasteiger partial charge in [-0.3, -0.25) is 4.79 Å². The maximum Gasteiger partial charge on any atom is 0.241 e. The molecular weight excluding hydrogens is 411 g/mol. The van der Waals surface area contributed by atoms with Crippen LogP contribution in [0.1, 0.15) is 12.0 Å². The highest BCUT2D eigenvalue weighted by molar-refractivity contribution is 6.43. The van der Waals surface area contributed by atoms with Crippen LogP contribution in [-0.4, -0.2) is 32.3 Å². The van der Waals surface area contributed by atoms with Gasteiger partial charge >= 0.3 is 0 Å². The van der Waals surface area contributed by atoms with Gasteiger partial charge in [-0.05, 0) is 23.4 Å². The molecular formula is C17H13Cl3N6O. The van der Waals surface area contributed by atoms with Gasteiger partial charge in [0.15, 0.2) is 0 Å². The lowest BCUT2D eigenvalue weighted by Gasteiger charge is -2.01. The number of carbonyl (C=O) groups excluding carboxylic acids is 1. The van der Waals surface area contributed by atoms with Gasteiger partial charge in [-0.2, -0.15) is 9.90 Å². The Balaban J connectivity index is 1.55. The van der Waals surface area contributed by atoms with Crippen molar-refractivity contribution in [3.05, 3.63) is 63.1 Å². The Morgan fingerprint density at radius 2 is 1.89 bits per heavy atom. The van der Waals surface area contributed by atoms with Gasteiger partial charge in [-0.1, -0.05) is 59.1 Å². The zero-order chi connectivity index (χ0) is 19.2. The normalized spacial score (nSPS) is 11.1. The van der Waals surface area contributed by atoms with Crippen molar-refractivity contribution in [2.75, 3.05) is 0 Å². The highest BCUT2D eigenvalue weighted by atomic mass is 35.5.